The monoisotopic (exact) mass is 296 g/mol. The van der Waals surface area contributed by atoms with E-state index in [9.17, 15) is 8.78 Å². The average molecular weight is 296 g/mol. The summed E-state index contributed by atoms with van der Waals surface area (Å²) < 4.78 is 25.8. The standard InChI is InChI=1S/C15H18F2N2S/c1-15(2,3)14-19-11(9-20-14)8-18-7-10-4-5-12(16)13(17)6-10/h4-6,9,18H,7-8H2,1-3H3. The van der Waals surface area contributed by atoms with Gasteiger partial charge in [-0.3, -0.25) is 0 Å². The molecule has 0 fully saturated rings. The molecule has 0 aliphatic carbocycles. The summed E-state index contributed by atoms with van der Waals surface area (Å²) in [5.41, 5.74) is 1.75. The van der Waals surface area contributed by atoms with E-state index in [1.807, 2.05) is 5.38 Å². The number of hydrogen-bond donors (Lipinski definition) is 1. The van der Waals surface area contributed by atoms with E-state index in [1.165, 1.54) is 6.07 Å². The molecule has 2 nitrogen and oxygen atoms in total. The second-order valence-corrected chi connectivity index (χ2v) is 6.60. The van der Waals surface area contributed by atoms with Gasteiger partial charge >= 0.3 is 0 Å². The van der Waals surface area contributed by atoms with Gasteiger partial charge in [-0.05, 0) is 17.7 Å². The van der Waals surface area contributed by atoms with Crippen molar-refractivity contribution < 1.29 is 8.78 Å². The predicted molar refractivity (Wildman–Crippen MR) is 77.7 cm³/mol. The van der Waals surface area contributed by atoms with E-state index < -0.39 is 11.6 Å². The van der Waals surface area contributed by atoms with Gasteiger partial charge in [0.15, 0.2) is 11.6 Å². The number of thiazole rings is 1. The first-order chi connectivity index (χ1) is 9.36. The van der Waals surface area contributed by atoms with Gasteiger partial charge in [0.05, 0.1) is 10.7 Å². The molecule has 1 aromatic heterocycles. The van der Waals surface area contributed by atoms with Crippen LogP contribution in [0.4, 0.5) is 8.78 Å². The van der Waals surface area contributed by atoms with Crippen LogP contribution >= 0.6 is 11.3 Å². The number of aromatic nitrogens is 1. The summed E-state index contributed by atoms with van der Waals surface area (Å²) in [4.78, 5) is 4.57. The average Bonchev–Trinajstić information content (AvgIpc) is 2.82. The Balaban J connectivity index is 1.89. The Kier molecular flexibility index (Phi) is 4.50. The van der Waals surface area contributed by atoms with Crippen molar-refractivity contribution in [2.24, 2.45) is 0 Å². The van der Waals surface area contributed by atoms with Crippen LogP contribution in [0.5, 0.6) is 0 Å². The van der Waals surface area contributed by atoms with Crippen LogP contribution in [0.2, 0.25) is 0 Å². The molecular weight excluding hydrogens is 278 g/mol. The minimum Gasteiger partial charge on any atom is -0.307 e. The largest absolute Gasteiger partial charge is 0.307 e. The maximum atomic E-state index is 13.1. The molecule has 108 valence electrons. The van der Waals surface area contributed by atoms with Crippen LogP contribution in [0.25, 0.3) is 0 Å². The molecule has 0 amide bonds. The highest BCUT2D eigenvalue weighted by molar-refractivity contribution is 7.09. The van der Waals surface area contributed by atoms with Crippen LogP contribution in [-0.2, 0) is 18.5 Å². The molecular formula is C15H18F2N2S. The molecule has 0 aliphatic rings. The molecule has 2 aromatic rings. The Morgan fingerprint density at radius 2 is 1.90 bits per heavy atom. The zero-order chi connectivity index (χ0) is 14.8. The van der Waals surface area contributed by atoms with Gasteiger partial charge in [-0.1, -0.05) is 26.8 Å². The van der Waals surface area contributed by atoms with E-state index in [4.69, 9.17) is 0 Å². The number of hydrogen-bond acceptors (Lipinski definition) is 3. The molecule has 0 aliphatic heterocycles. The Morgan fingerprint density at radius 3 is 2.50 bits per heavy atom. The summed E-state index contributed by atoms with van der Waals surface area (Å²) in [6, 6.07) is 3.93. The van der Waals surface area contributed by atoms with E-state index in [0.717, 1.165) is 22.3 Å². The quantitative estimate of drug-likeness (QED) is 0.922. The van der Waals surface area contributed by atoms with Crippen molar-refractivity contribution in [1.29, 1.82) is 0 Å². The predicted octanol–water partition coefficient (Wildman–Crippen LogP) is 4.01. The summed E-state index contributed by atoms with van der Waals surface area (Å²) in [6.07, 6.45) is 0. The molecule has 5 heteroatoms. The minimum absolute atomic E-state index is 0.0585. The Labute approximate surface area is 121 Å². The van der Waals surface area contributed by atoms with Crippen molar-refractivity contribution in [2.45, 2.75) is 39.3 Å². The van der Waals surface area contributed by atoms with Crippen LogP contribution in [0.3, 0.4) is 0 Å². The van der Waals surface area contributed by atoms with Crippen molar-refractivity contribution in [3.63, 3.8) is 0 Å². The van der Waals surface area contributed by atoms with Crippen LogP contribution in [-0.4, -0.2) is 4.98 Å². The maximum absolute atomic E-state index is 13.1. The van der Waals surface area contributed by atoms with Gasteiger partial charge in [0.1, 0.15) is 0 Å². The van der Waals surface area contributed by atoms with E-state index in [2.05, 4.69) is 31.1 Å². The summed E-state index contributed by atoms with van der Waals surface area (Å²) in [6.45, 7) is 7.49. The fraction of sp³-hybridized carbons (Fsp3) is 0.400. The molecule has 0 radical (unpaired) electrons. The number of benzene rings is 1. The van der Waals surface area contributed by atoms with Gasteiger partial charge in [-0.15, -0.1) is 11.3 Å². The third kappa shape index (κ3) is 3.84. The lowest BCUT2D eigenvalue weighted by molar-refractivity contribution is 0.506. The number of rotatable bonds is 4. The highest BCUT2D eigenvalue weighted by Crippen LogP contribution is 2.25. The molecule has 0 saturated heterocycles. The summed E-state index contributed by atoms with van der Waals surface area (Å²) in [5, 5.41) is 6.31. The Morgan fingerprint density at radius 1 is 1.15 bits per heavy atom. The minimum atomic E-state index is -0.817. The summed E-state index contributed by atoms with van der Waals surface area (Å²) in [5.74, 6) is -1.63. The lowest BCUT2D eigenvalue weighted by Crippen LogP contribution is -2.14. The molecule has 20 heavy (non-hydrogen) atoms. The fourth-order valence-corrected chi connectivity index (χ4v) is 2.62. The van der Waals surface area contributed by atoms with Crippen molar-refractivity contribution >= 4 is 11.3 Å². The maximum Gasteiger partial charge on any atom is 0.159 e. The molecule has 0 bridgehead atoms. The second kappa shape index (κ2) is 5.97. The molecule has 1 N–H and O–H groups in total. The van der Waals surface area contributed by atoms with Crippen LogP contribution in [0.1, 0.15) is 37.0 Å². The van der Waals surface area contributed by atoms with Gasteiger partial charge in [0, 0.05) is 23.9 Å². The van der Waals surface area contributed by atoms with Crippen LogP contribution in [0, 0.1) is 11.6 Å². The topological polar surface area (TPSA) is 24.9 Å². The van der Waals surface area contributed by atoms with Crippen molar-refractivity contribution in [2.75, 3.05) is 0 Å². The van der Waals surface area contributed by atoms with Crippen molar-refractivity contribution in [1.82, 2.24) is 10.3 Å². The zero-order valence-corrected chi connectivity index (χ0v) is 12.7. The summed E-state index contributed by atoms with van der Waals surface area (Å²) in [7, 11) is 0. The highest BCUT2D eigenvalue weighted by atomic mass is 32.1. The van der Waals surface area contributed by atoms with Crippen LogP contribution in [0.15, 0.2) is 23.6 Å². The first kappa shape index (κ1) is 15.1. The van der Waals surface area contributed by atoms with Crippen LogP contribution < -0.4 is 5.32 Å². The lowest BCUT2D eigenvalue weighted by atomic mass is 9.98. The van der Waals surface area contributed by atoms with E-state index >= 15 is 0 Å². The third-order valence-electron chi connectivity index (χ3n) is 2.81. The van der Waals surface area contributed by atoms with Gasteiger partial charge in [0.25, 0.3) is 0 Å². The third-order valence-corrected chi connectivity index (χ3v) is 4.13. The molecule has 1 aromatic carbocycles. The summed E-state index contributed by atoms with van der Waals surface area (Å²) >= 11 is 1.65. The van der Waals surface area contributed by atoms with E-state index in [1.54, 1.807) is 17.4 Å². The molecule has 0 saturated carbocycles. The van der Waals surface area contributed by atoms with Crippen molar-refractivity contribution in [3.05, 3.63) is 51.5 Å². The normalized spacial score (nSPS) is 11.8. The fourth-order valence-electron chi connectivity index (χ4n) is 1.72. The number of halogens is 2. The van der Waals surface area contributed by atoms with Gasteiger partial charge in [0.2, 0.25) is 0 Å². The second-order valence-electron chi connectivity index (χ2n) is 5.75. The smallest absolute Gasteiger partial charge is 0.159 e. The number of nitrogens with zero attached hydrogens (tertiary/aromatic N) is 1. The van der Waals surface area contributed by atoms with Crippen molar-refractivity contribution in [3.8, 4) is 0 Å². The highest BCUT2D eigenvalue weighted by Gasteiger charge is 2.17. The molecule has 0 unspecified atom stereocenters. The molecule has 0 atom stereocenters. The van der Waals surface area contributed by atoms with Gasteiger partial charge in [-0.25, -0.2) is 13.8 Å². The first-order valence-electron chi connectivity index (χ1n) is 6.46. The van der Waals surface area contributed by atoms with E-state index in [0.29, 0.717) is 13.1 Å². The zero-order valence-electron chi connectivity index (χ0n) is 11.8. The van der Waals surface area contributed by atoms with Gasteiger partial charge in [-0.2, -0.15) is 0 Å². The van der Waals surface area contributed by atoms with Gasteiger partial charge < -0.3 is 5.32 Å². The number of nitrogens with one attached hydrogen (secondary N) is 1. The van der Waals surface area contributed by atoms with E-state index in [-0.39, 0.29) is 5.41 Å². The Bertz CT molecular complexity index is 588. The lowest BCUT2D eigenvalue weighted by Gasteiger charge is -2.13. The molecule has 0 spiro atoms. The SMILES string of the molecule is CC(C)(C)c1nc(CNCc2ccc(F)c(F)c2)cs1. The molecule has 1 heterocycles. The Hall–Kier alpha value is -1.33. The molecule has 2 rings (SSSR count). The first-order valence-corrected chi connectivity index (χ1v) is 7.34.